The van der Waals surface area contributed by atoms with Crippen molar-refractivity contribution in [3.8, 4) is 5.75 Å². The lowest BCUT2D eigenvalue weighted by Gasteiger charge is -2.22. The molecule has 0 saturated heterocycles. The summed E-state index contributed by atoms with van der Waals surface area (Å²) in [4.78, 5) is 0. The zero-order valence-corrected chi connectivity index (χ0v) is 11.1. The first kappa shape index (κ1) is 13.4. The maximum atomic E-state index is 10.2. The quantitative estimate of drug-likeness (QED) is 0.814. The van der Waals surface area contributed by atoms with Gasteiger partial charge < -0.3 is 15.2 Å². The van der Waals surface area contributed by atoms with Gasteiger partial charge in [-0.2, -0.15) is 0 Å². The number of aliphatic hydroxyl groups is 1. The third kappa shape index (κ3) is 3.72. The van der Waals surface area contributed by atoms with E-state index in [1.54, 1.807) is 0 Å². The van der Waals surface area contributed by atoms with Crippen molar-refractivity contribution in [1.82, 2.24) is 5.32 Å². The lowest BCUT2D eigenvalue weighted by molar-refractivity contribution is 0.00140. The van der Waals surface area contributed by atoms with E-state index in [2.05, 4.69) is 24.4 Å². The van der Waals surface area contributed by atoms with Gasteiger partial charge in [0.05, 0.1) is 5.60 Å². The first-order valence-corrected chi connectivity index (χ1v) is 6.87. The molecule has 0 radical (unpaired) electrons. The van der Waals surface area contributed by atoms with E-state index >= 15 is 0 Å². The fraction of sp³-hybridized carbons (Fsp3) is 0.600. The summed E-state index contributed by atoms with van der Waals surface area (Å²) in [6, 6.07) is 8.09. The summed E-state index contributed by atoms with van der Waals surface area (Å²) in [5.41, 5.74) is 0.659. The van der Waals surface area contributed by atoms with E-state index < -0.39 is 5.60 Å². The summed E-state index contributed by atoms with van der Waals surface area (Å²) < 4.78 is 5.68. The molecule has 1 fully saturated rings. The lowest BCUT2D eigenvalue weighted by Crippen LogP contribution is -2.32. The zero-order valence-electron chi connectivity index (χ0n) is 11.1. The Morgan fingerprint density at radius 2 is 1.89 bits per heavy atom. The van der Waals surface area contributed by atoms with Crippen LogP contribution in [0.1, 0.15) is 38.2 Å². The largest absolute Gasteiger partial charge is 0.491 e. The van der Waals surface area contributed by atoms with Crippen molar-refractivity contribution in [1.29, 1.82) is 0 Å². The Hall–Kier alpha value is -1.06. The Morgan fingerprint density at radius 1 is 1.22 bits per heavy atom. The van der Waals surface area contributed by atoms with Crippen LogP contribution >= 0.6 is 0 Å². The number of nitrogens with one attached hydrogen (secondary N) is 1. The molecule has 1 aliphatic carbocycles. The number of hydrogen-bond donors (Lipinski definition) is 2. The Labute approximate surface area is 109 Å². The predicted molar refractivity (Wildman–Crippen MR) is 72.7 cm³/mol. The van der Waals surface area contributed by atoms with Gasteiger partial charge in [-0.05, 0) is 37.1 Å². The molecule has 3 nitrogen and oxygen atoms in total. The van der Waals surface area contributed by atoms with Gasteiger partial charge in [0.1, 0.15) is 12.4 Å². The van der Waals surface area contributed by atoms with Gasteiger partial charge in [0.2, 0.25) is 0 Å². The molecule has 18 heavy (non-hydrogen) atoms. The van der Waals surface area contributed by atoms with Crippen LogP contribution in [0.4, 0.5) is 0 Å². The van der Waals surface area contributed by atoms with E-state index in [9.17, 15) is 5.11 Å². The standard InChI is InChI=1S/C15H23NO2/c1-2-16-11-13-5-7-14(8-6-13)18-12-15(17)9-3-4-10-15/h5-8,16-17H,2-4,9-12H2,1H3. The predicted octanol–water partition coefficient (Wildman–Crippen LogP) is 2.48. The molecule has 0 spiro atoms. The Kier molecular flexibility index (Phi) is 4.61. The van der Waals surface area contributed by atoms with Gasteiger partial charge in [-0.25, -0.2) is 0 Å². The van der Waals surface area contributed by atoms with Gasteiger partial charge in [0, 0.05) is 6.54 Å². The van der Waals surface area contributed by atoms with E-state index in [4.69, 9.17) is 4.74 Å². The summed E-state index contributed by atoms with van der Waals surface area (Å²) >= 11 is 0. The summed E-state index contributed by atoms with van der Waals surface area (Å²) in [6.07, 6.45) is 3.96. The molecule has 2 rings (SSSR count). The highest BCUT2D eigenvalue weighted by atomic mass is 16.5. The molecule has 2 N–H and O–H groups in total. The van der Waals surface area contributed by atoms with E-state index in [0.717, 1.165) is 44.5 Å². The highest BCUT2D eigenvalue weighted by Gasteiger charge is 2.31. The monoisotopic (exact) mass is 249 g/mol. The van der Waals surface area contributed by atoms with Crippen LogP contribution in [0.15, 0.2) is 24.3 Å². The van der Waals surface area contributed by atoms with Crippen LogP contribution in [-0.2, 0) is 6.54 Å². The molecule has 0 bridgehead atoms. The first-order chi connectivity index (χ1) is 8.72. The number of hydrogen-bond acceptors (Lipinski definition) is 3. The maximum absolute atomic E-state index is 10.2. The third-order valence-electron chi connectivity index (χ3n) is 3.54. The molecule has 0 heterocycles. The number of rotatable bonds is 6. The molecular weight excluding hydrogens is 226 g/mol. The topological polar surface area (TPSA) is 41.5 Å². The minimum absolute atomic E-state index is 0.416. The van der Waals surface area contributed by atoms with Crippen molar-refractivity contribution in [3.63, 3.8) is 0 Å². The van der Waals surface area contributed by atoms with Crippen LogP contribution in [0, 0.1) is 0 Å². The fourth-order valence-corrected chi connectivity index (χ4v) is 2.37. The molecule has 0 amide bonds. The lowest BCUT2D eigenvalue weighted by atomic mass is 10.0. The van der Waals surface area contributed by atoms with Crippen molar-refractivity contribution in [2.75, 3.05) is 13.2 Å². The van der Waals surface area contributed by atoms with Crippen LogP contribution in [0.25, 0.3) is 0 Å². The van der Waals surface area contributed by atoms with Gasteiger partial charge in [0.15, 0.2) is 0 Å². The van der Waals surface area contributed by atoms with E-state index in [0.29, 0.717) is 6.61 Å². The van der Waals surface area contributed by atoms with Crippen LogP contribution < -0.4 is 10.1 Å². The molecule has 1 aromatic rings. The average molecular weight is 249 g/mol. The van der Waals surface area contributed by atoms with Crippen LogP contribution in [0.2, 0.25) is 0 Å². The van der Waals surface area contributed by atoms with E-state index in [1.807, 2.05) is 12.1 Å². The molecule has 0 aliphatic heterocycles. The zero-order chi connectivity index (χ0) is 12.8. The van der Waals surface area contributed by atoms with Crippen molar-refractivity contribution in [3.05, 3.63) is 29.8 Å². The van der Waals surface area contributed by atoms with Gasteiger partial charge in [0.25, 0.3) is 0 Å². The molecule has 0 atom stereocenters. The van der Waals surface area contributed by atoms with E-state index in [1.165, 1.54) is 5.56 Å². The van der Waals surface area contributed by atoms with Crippen LogP contribution in [0.3, 0.4) is 0 Å². The summed E-state index contributed by atoms with van der Waals surface area (Å²) in [7, 11) is 0. The Bertz CT molecular complexity index is 355. The van der Waals surface area contributed by atoms with Crippen LogP contribution in [0.5, 0.6) is 5.75 Å². The molecular formula is C15H23NO2. The van der Waals surface area contributed by atoms with Crippen molar-refractivity contribution < 1.29 is 9.84 Å². The normalized spacial score (nSPS) is 17.9. The second-order valence-electron chi connectivity index (χ2n) is 5.14. The minimum Gasteiger partial charge on any atom is -0.491 e. The second kappa shape index (κ2) is 6.21. The first-order valence-electron chi connectivity index (χ1n) is 6.87. The third-order valence-corrected chi connectivity index (χ3v) is 3.54. The average Bonchev–Trinajstić information content (AvgIpc) is 2.83. The SMILES string of the molecule is CCNCc1ccc(OCC2(O)CCCC2)cc1. The molecule has 0 aromatic heterocycles. The summed E-state index contributed by atoms with van der Waals surface area (Å²) in [5.74, 6) is 0.843. The molecule has 3 heteroatoms. The Balaban J connectivity index is 1.82. The Morgan fingerprint density at radius 3 is 2.50 bits per heavy atom. The van der Waals surface area contributed by atoms with Gasteiger partial charge in [-0.15, -0.1) is 0 Å². The van der Waals surface area contributed by atoms with Gasteiger partial charge >= 0.3 is 0 Å². The van der Waals surface area contributed by atoms with Gasteiger partial charge in [-0.1, -0.05) is 31.9 Å². The van der Waals surface area contributed by atoms with Crippen molar-refractivity contribution >= 4 is 0 Å². The molecule has 1 aromatic carbocycles. The number of ether oxygens (including phenoxy) is 1. The van der Waals surface area contributed by atoms with Crippen molar-refractivity contribution in [2.45, 2.75) is 44.8 Å². The van der Waals surface area contributed by atoms with Crippen LogP contribution in [-0.4, -0.2) is 23.9 Å². The molecule has 1 saturated carbocycles. The van der Waals surface area contributed by atoms with Gasteiger partial charge in [-0.3, -0.25) is 0 Å². The molecule has 0 unspecified atom stereocenters. The number of benzene rings is 1. The second-order valence-corrected chi connectivity index (χ2v) is 5.14. The highest BCUT2D eigenvalue weighted by Crippen LogP contribution is 2.30. The fourth-order valence-electron chi connectivity index (χ4n) is 2.37. The summed E-state index contributed by atoms with van der Waals surface area (Å²) in [5, 5.41) is 13.5. The smallest absolute Gasteiger partial charge is 0.119 e. The minimum atomic E-state index is -0.595. The molecule has 1 aliphatic rings. The van der Waals surface area contributed by atoms with Crippen molar-refractivity contribution in [2.24, 2.45) is 0 Å². The molecule has 100 valence electrons. The van der Waals surface area contributed by atoms with E-state index in [-0.39, 0.29) is 0 Å². The highest BCUT2D eigenvalue weighted by molar-refractivity contribution is 5.27. The maximum Gasteiger partial charge on any atom is 0.119 e. The summed E-state index contributed by atoms with van der Waals surface area (Å²) in [6.45, 7) is 4.38.